The van der Waals surface area contributed by atoms with Gasteiger partial charge in [0.05, 0.1) is 5.75 Å². The smallest absolute Gasteiger partial charge is 0.230 e. The molecule has 4 nitrogen and oxygen atoms in total. The summed E-state index contributed by atoms with van der Waals surface area (Å²) >= 11 is 7.45. The minimum Gasteiger partial charge on any atom is -0.355 e. The van der Waals surface area contributed by atoms with Gasteiger partial charge >= 0.3 is 0 Å². The van der Waals surface area contributed by atoms with Crippen LogP contribution in [0.2, 0.25) is 5.02 Å². The van der Waals surface area contributed by atoms with E-state index in [0.29, 0.717) is 17.3 Å². The van der Waals surface area contributed by atoms with E-state index in [0.717, 1.165) is 17.3 Å². The summed E-state index contributed by atoms with van der Waals surface area (Å²) in [7, 11) is 0. The number of hydrogen-bond acceptors (Lipinski definition) is 3. The van der Waals surface area contributed by atoms with Gasteiger partial charge in [-0.3, -0.25) is 9.36 Å². The number of hydrogen-bond donors (Lipinski definition) is 1. The third-order valence-electron chi connectivity index (χ3n) is 3.60. The molecular formula is C19H18ClN3OS. The minimum atomic E-state index is 0.00146. The maximum atomic E-state index is 12.0. The Morgan fingerprint density at radius 3 is 2.80 bits per heavy atom. The lowest BCUT2D eigenvalue weighted by atomic mass is 10.1. The summed E-state index contributed by atoms with van der Waals surface area (Å²) in [5.41, 5.74) is 2.14. The average Bonchev–Trinajstić information content (AvgIpc) is 3.09. The fourth-order valence-corrected chi connectivity index (χ4v) is 3.38. The van der Waals surface area contributed by atoms with Gasteiger partial charge in [-0.2, -0.15) is 0 Å². The standard InChI is InChI=1S/C19H18ClN3OS/c20-16-7-4-8-17(13-16)23-12-11-22-19(23)25-14-18(24)21-10-9-15-5-2-1-3-6-15/h1-8,11-13H,9-10,14H2,(H,21,24). The van der Waals surface area contributed by atoms with Gasteiger partial charge in [0.1, 0.15) is 0 Å². The molecule has 1 amide bonds. The van der Waals surface area contributed by atoms with Gasteiger partial charge in [0, 0.05) is 29.6 Å². The number of halogens is 1. The van der Waals surface area contributed by atoms with Gasteiger partial charge in [-0.25, -0.2) is 4.98 Å². The van der Waals surface area contributed by atoms with Crippen molar-refractivity contribution in [1.29, 1.82) is 0 Å². The third-order valence-corrected chi connectivity index (χ3v) is 4.81. The molecule has 25 heavy (non-hydrogen) atoms. The summed E-state index contributed by atoms with van der Waals surface area (Å²) in [6, 6.07) is 17.7. The molecule has 0 aliphatic rings. The lowest BCUT2D eigenvalue weighted by Crippen LogP contribution is -2.27. The highest BCUT2D eigenvalue weighted by Gasteiger charge is 2.09. The van der Waals surface area contributed by atoms with Crippen molar-refractivity contribution in [1.82, 2.24) is 14.9 Å². The topological polar surface area (TPSA) is 46.9 Å². The van der Waals surface area contributed by atoms with Crippen molar-refractivity contribution >= 4 is 29.3 Å². The minimum absolute atomic E-state index is 0.00146. The molecule has 6 heteroatoms. The molecule has 0 radical (unpaired) electrons. The lowest BCUT2D eigenvalue weighted by Gasteiger charge is -2.08. The molecule has 1 heterocycles. The van der Waals surface area contributed by atoms with E-state index < -0.39 is 0 Å². The predicted molar refractivity (Wildman–Crippen MR) is 102 cm³/mol. The van der Waals surface area contributed by atoms with Gasteiger partial charge in [0.25, 0.3) is 0 Å². The van der Waals surface area contributed by atoms with Crippen LogP contribution in [0.3, 0.4) is 0 Å². The van der Waals surface area contributed by atoms with Gasteiger partial charge in [-0.15, -0.1) is 0 Å². The summed E-state index contributed by atoms with van der Waals surface area (Å²) in [5.74, 6) is 0.327. The Labute approximate surface area is 156 Å². The Morgan fingerprint density at radius 2 is 2.00 bits per heavy atom. The number of benzene rings is 2. The Balaban J connectivity index is 1.50. The molecule has 1 N–H and O–H groups in total. The number of imidazole rings is 1. The second kappa shape index (κ2) is 8.74. The number of amides is 1. The number of carbonyl (C=O) groups excluding carboxylic acids is 1. The number of nitrogens with one attached hydrogen (secondary N) is 1. The first-order valence-electron chi connectivity index (χ1n) is 7.95. The van der Waals surface area contributed by atoms with Crippen molar-refractivity contribution in [2.45, 2.75) is 11.6 Å². The van der Waals surface area contributed by atoms with Crippen molar-refractivity contribution in [3.05, 3.63) is 77.6 Å². The van der Waals surface area contributed by atoms with E-state index in [1.807, 2.05) is 53.2 Å². The van der Waals surface area contributed by atoms with Crippen molar-refractivity contribution in [2.75, 3.05) is 12.3 Å². The molecule has 0 unspecified atom stereocenters. The second-order valence-electron chi connectivity index (χ2n) is 5.43. The number of thioether (sulfide) groups is 1. The van der Waals surface area contributed by atoms with Gasteiger partial charge in [-0.1, -0.05) is 59.8 Å². The zero-order chi connectivity index (χ0) is 17.5. The summed E-state index contributed by atoms with van der Waals surface area (Å²) in [5, 5.41) is 4.38. The number of rotatable bonds is 7. The van der Waals surface area contributed by atoms with Gasteiger partial charge in [0.2, 0.25) is 5.91 Å². The van der Waals surface area contributed by atoms with Crippen LogP contribution >= 0.6 is 23.4 Å². The molecule has 0 saturated heterocycles. The van der Waals surface area contributed by atoms with E-state index in [9.17, 15) is 4.79 Å². The Morgan fingerprint density at radius 1 is 1.16 bits per heavy atom. The SMILES string of the molecule is O=C(CSc1nccn1-c1cccc(Cl)c1)NCCc1ccccc1. The molecule has 128 valence electrons. The predicted octanol–water partition coefficient (Wildman–Crippen LogP) is 3.98. The highest BCUT2D eigenvalue weighted by molar-refractivity contribution is 7.99. The molecule has 2 aromatic carbocycles. The first-order chi connectivity index (χ1) is 12.2. The van der Waals surface area contributed by atoms with Gasteiger partial charge in [-0.05, 0) is 30.2 Å². The van der Waals surface area contributed by atoms with Crippen LogP contribution < -0.4 is 5.32 Å². The molecule has 0 bridgehead atoms. The van der Waals surface area contributed by atoms with Gasteiger partial charge in [0.15, 0.2) is 5.16 Å². The van der Waals surface area contributed by atoms with Crippen LogP contribution in [0.5, 0.6) is 0 Å². The lowest BCUT2D eigenvalue weighted by molar-refractivity contribution is -0.118. The fraction of sp³-hybridized carbons (Fsp3) is 0.158. The van der Waals surface area contributed by atoms with Crippen LogP contribution in [0.25, 0.3) is 5.69 Å². The first kappa shape index (κ1) is 17.6. The molecule has 3 rings (SSSR count). The molecule has 0 fully saturated rings. The van der Waals surface area contributed by atoms with Gasteiger partial charge < -0.3 is 5.32 Å². The van der Waals surface area contributed by atoms with Crippen LogP contribution in [0, 0.1) is 0 Å². The van der Waals surface area contributed by atoms with E-state index in [-0.39, 0.29) is 5.91 Å². The number of nitrogens with zero attached hydrogens (tertiary/aromatic N) is 2. The Bertz CT molecular complexity index is 835. The second-order valence-corrected chi connectivity index (χ2v) is 6.81. The first-order valence-corrected chi connectivity index (χ1v) is 9.31. The molecule has 3 aromatic rings. The van der Waals surface area contributed by atoms with E-state index in [1.54, 1.807) is 6.20 Å². The van der Waals surface area contributed by atoms with Crippen LogP contribution in [-0.2, 0) is 11.2 Å². The Kier molecular flexibility index (Phi) is 6.14. The molecule has 0 atom stereocenters. The quantitative estimate of drug-likeness (QED) is 0.639. The largest absolute Gasteiger partial charge is 0.355 e. The van der Waals surface area contributed by atoms with Crippen LogP contribution in [0.15, 0.2) is 72.1 Å². The molecule has 1 aromatic heterocycles. The Hall–Kier alpha value is -2.24. The summed E-state index contributed by atoms with van der Waals surface area (Å²) in [4.78, 5) is 16.4. The number of aromatic nitrogens is 2. The van der Waals surface area contributed by atoms with Crippen molar-refractivity contribution in [3.63, 3.8) is 0 Å². The monoisotopic (exact) mass is 371 g/mol. The normalized spacial score (nSPS) is 10.6. The molecular weight excluding hydrogens is 354 g/mol. The molecule has 0 saturated carbocycles. The highest BCUT2D eigenvalue weighted by atomic mass is 35.5. The third kappa shape index (κ3) is 5.11. The molecule has 0 aliphatic carbocycles. The summed E-state index contributed by atoms with van der Waals surface area (Å²) in [6.45, 7) is 0.631. The van der Waals surface area contributed by atoms with Crippen molar-refractivity contribution in [3.8, 4) is 5.69 Å². The van der Waals surface area contributed by atoms with Crippen molar-refractivity contribution in [2.24, 2.45) is 0 Å². The van der Waals surface area contributed by atoms with E-state index in [1.165, 1.54) is 17.3 Å². The van der Waals surface area contributed by atoms with E-state index in [2.05, 4.69) is 22.4 Å². The highest BCUT2D eigenvalue weighted by Crippen LogP contribution is 2.22. The summed E-state index contributed by atoms with van der Waals surface area (Å²) in [6.07, 6.45) is 4.41. The zero-order valence-electron chi connectivity index (χ0n) is 13.6. The summed E-state index contributed by atoms with van der Waals surface area (Å²) < 4.78 is 1.92. The van der Waals surface area contributed by atoms with Crippen LogP contribution in [0.4, 0.5) is 0 Å². The van der Waals surface area contributed by atoms with Crippen LogP contribution in [0.1, 0.15) is 5.56 Å². The number of carbonyl (C=O) groups is 1. The molecule has 0 aliphatic heterocycles. The fourth-order valence-electron chi connectivity index (χ4n) is 2.39. The maximum Gasteiger partial charge on any atom is 0.230 e. The van der Waals surface area contributed by atoms with E-state index in [4.69, 9.17) is 11.6 Å². The molecule has 0 spiro atoms. The van der Waals surface area contributed by atoms with Crippen LogP contribution in [-0.4, -0.2) is 27.8 Å². The van der Waals surface area contributed by atoms with Crippen molar-refractivity contribution < 1.29 is 4.79 Å². The maximum absolute atomic E-state index is 12.0. The average molecular weight is 372 g/mol. The zero-order valence-corrected chi connectivity index (χ0v) is 15.1. The van der Waals surface area contributed by atoms with E-state index >= 15 is 0 Å².